The van der Waals surface area contributed by atoms with Crippen LogP contribution in [0.25, 0.3) is 0 Å². The fourth-order valence-electron chi connectivity index (χ4n) is 1.99. The SMILES string of the molecule is COc1cccc(NS(=O)(=O)NC(=O)Nc2cc(S(=O)(=O)CCl)ccc2Cl)c1. The van der Waals surface area contributed by atoms with E-state index in [1.165, 1.54) is 31.4 Å². The molecule has 0 aliphatic carbocycles. The van der Waals surface area contributed by atoms with Crippen molar-refractivity contribution in [3.8, 4) is 5.75 Å². The zero-order chi connectivity index (χ0) is 20.9. The van der Waals surface area contributed by atoms with Gasteiger partial charge >= 0.3 is 16.2 Å². The molecule has 28 heavy (non-hydrogen) atoms. The number of alkyl halides is 1. The average molecular weight is 468 g/mol. The molecule has 3 N–H and O–H groups in total. The Hall–Kier alpha value is -2.21. The third-order valence-corrected chi connectivity index (χ3v) is 6.65. The summed E-state index contributed by atoms with van der Waals surface area (Å²) >= 11 is 11.3. The van der Waals surface area contributed by atoms with Gasteiger partial charge in [-0.1, -0.05) is 17.7 Å². The lowest BCUT2D eigenvalue weighted by molar-refractivity contribution is 0.256. The second-order valence-corrected chi connectivity index (χ2v) is 9.66. The molecule has 0 atom stereocenters. The first-order chi connectivity index (χ1) is 13.1. The molecule has 0 aliphatic rings. The highest BCUT2D eigenvalue weighted by Crippen LogP contribution is 2.26. The molecule has 0 saturated heterocycles. The maximum absolute atomic E-state index is 12.1. The van der Waals surface area contributed by atoms with Gasteiger partial charge in [-0.2, -0.15) is 8.42 Å². The molecule has 2 amide bonds. The smallest absolute Gasteiger partial charge is 0.334 e. The number of hydrogen-bond donors (Lipinski definition) is 3. The summed E-state index contributed by atoms with van der Waals surface area (Å²) in [7, 11) is -6.63. The zero-order valence-electron chi connectivity index (χ0n) is 14.3. The lowest BCUT2D eigenvalue weighted by Gasteiger charge is -2.12. The summed E-state index contributed by atoms with van der Waals surface area (Å²) in [6.45, 7) is 0. The van der Waals surface area contributed by atoms with Gasteiger partial charge in [-0.3, -0.25) is 4.72 Å². The molecule has 2 aromatic rings. The lowest BCUT2D eigenvalue weighted by atomic mass is 10.3. The Morgan fingerprint density at radius 3 is 2.46 bits per heavy atom. The molecule has 0 unspecified atom stereocenters. The van der Waals surface area contributed by atoms with Gasteiger partial charge in [0, 0.05) is 6.07 Å². The van der Waals surface area contributed by atoms with Gasteiger partial charge in [0.15, 0.2) is 9.84 Å². The van der Waals surface area contributed by atoms with Crippen LogP contribution in [-0.4, -0.2) is 35.2 Å². The number of hydrogen-bond acceptors (Lipinski definition) is 6. The largest absolute Gasteiger partial charge is 0.497 e. The molecule has 0 aromatic heterocycles. The molecule has 9 nitrogen and oxygen atoms in total. The topological polar surface area (TPSA) is 131 Å². The second kappa shape index (κ2) is 8.86. The summed E-state index contributed by atoms with van der Waals surface area (Å²) in [5.74, 6) is 0.411. The highest BCUT2D eigenvalue weighted by molar-refractivity contribution is 7.92. The Balaban J connectivity index is 2.13. The van der Waals surface area contributed by atoms with E-state index in [9.17, 15) is 21.6 Å². The van der Waals surface area contributed by atoms with Crippen molar-refractivity contribution >= 4 is 60.7 Å². The van der Waals surface area contributed by atoms with E-state index >= 15 is 0 Å². The Morgan fingerprint density at radius 1 is 1.11 bits per heavy atom. The van der Waals surface area contributed by atoms with Crippen molar-refractivity contribution in [2.75, 3.05) is 22.4 Å². The highest BCUT2D eigenvalue weighted by Gasteiger charge is 2.18. The maximum atomic E-state index is 12.1. The molecule has 0 heterocycles. The maximum Gasteiger partial charge on any atom is 0.334 e. The zero-order valence-corrected chi connectivity index (χ0v) is 17.4. The number of rotatable bonds is 7. The van der Waals surface area contributed by atoms with Crippen molar-refractivity contribution in [3.05, 3.63) is 47.5 Å². The van der Waals surface area contributed by atoms with Crippen molar-refractivity contribution in [3.63, 3.8) is 0 Å². The van der Waals surface area contributed by atoms with Crippen molar-refractivity contribution in [1.29, 1.82) is 0 Å². The summed E-state index contributed by atoms with van der Waals surface area (Å²) in [5, 5.41) is 1.51. The molecule has 0 bridgehead atoms. The van der Waals surface area contributed by atoms with Gasteiger partial charge in [0.05, 0.1) is 28.4 Å². The molecular weight excluding hydrogens is 453 g/mol. The van der Waals surface area contributed by atoms with Gasteiger partial charge in [0.1, 0.15) is 11.0 Å². The minimum atomic E-state index is -4.29. The lowest BCUT2D eigenvalue weighted by Crippen LogP contribution is -2.38. The molecule has 0 radical (unpaired) electrons. The number of amides is 2. The van der Waals surface area contributed by atoms with Crippen LogP contribution in [0.1, 0.15) is 0 Å². The number of nitrogens with one attached hydrogen (secondary N) is 3. The Morgan fingerprint density at radius 2 is 1.82 bits per heavy atom. The first-order valence-electron chi connectivity index (χ1n) is 7.40. The third-order valence-electron chi connectivity index (χ3n) is 3.24. The van der Waals surface area contributed by atoms with Crippen LogP contribution in [0.5, 0.6) is 5.75 Å². The molecule has 0 fully saturated rings. The second-order valence-electron chi connectivity index (χ2n) is 5.26. The summed E-state index contributed by atoms with van der Waals surface area (Å²) in [6, 6.07) is 8.40. The molecule has 2 aromatic carbocycles. The minimum absolute atomic E-state index is 0.00169. The number of carbonyl (C=O) groups excluding carboxylic acids is 1. The van der Waals surface area contributed by atoms with Gasteiger partial charge in [0.25, 0.3) is 0 Å². The fraction of sp³-hybridized carbons (Fsp3) is 0.133. The van der Waals surface area contributed by atoms with Gasteiger partial charge in [-0.25, -0.2) is 17.9 Å². The number of urea groups is 1. The summed E-state index contributed by atoms with van der Waals surface area (Å²) < 4.78 is 56.7. The van der Waals surface area contributed by atoms with Crippen LogP contribution in [0.15, 0.2) is 47.4 Å². The number of sulfone groups is 1. The van der Waals surface area contributed by atoms with Crippen LogP contribution >= 0.6 is 23.2 Å². The summed E-state index contributed by atoms with van der Waals surface area (Å²) in [5.41, 5.74) is 0.0508. The molecule has 0 saturated carbocycles. The molecule has 0 spiro atoms. The van der Waals surface area contributed by atoms with E-state index in [0.717, 1.165) is 6.07 Å². The fourth-order valence-corrected chi connectivity index (χ4v) is 4.02. The van der Waals surface area contributed by atoms with E-state index in [4.69, 9.17) is 27.9 Å². The summed E-state index contributed by atoms with van der Waals surface area (Å²) in [4.78, 5) is 11.8. The van der Waals surface area contributed by atoms with Crippen molar-refractivity contribution < 1.29 is 26.4 Å². The van der Waals surface area contributed by atoms with Crippen molar-refractivity contribution in [2.45, 2.75) is 4.90 Å². The Labute approximate surface area is 172 Å². The Kier molecular flexibility index (Phi) is 6.99. The minimum Gasteiger partial charge on any atom is -0.497 e. The number of anilines is 2. The van der Waals surface area contributed by atoms with E-state index in [1.54, 1.807) is 16.9 Å². The van der Waals surface area contributed by atoms with Crippen LogP contribution in [0.2, 0.25) is 5.02 Å². The first kappa shape index (κ1) is 22.1. The van der Waals surface area contributed by atoms with Gasteiger partial charge < -0.3 is 10.1 Å². The monoisotopic (exact) mass is 467 g/mol. The first-order valence-corrected chi connectivity index (χ1v) is 11.4. The van der Waals surface area contributed by atoms with Crippen LogP contribution in [0, 0.1) is 0 Å². The van der Waals surface area contributed by atoms with E-state index < -0.39 is 31.3 Å². The van der Waals surface area contributed by atoms with Crippen LogP contribution in [-0.2, 0) is 20.0 Å². The number of methoxy groups -OCH3 is 1. The van der Waals surface area contributed by atoms with E-state index in [1.807, 2.05) is 0 Å². The van der Waals surface area contributed by atoms with Crippen molar-refractivity contribution in [1.82, 2.24) is 4.72 Å². The quantitative estimate of drug-likeness (QED) is 0.536. The molecular formula is C15H15Cl2N3O6S2. The van der Waals surface area contributed by atoms with E-state index in [0.29, 0.717) is 5.75 Å². The molecule has 0 aliphatic heterocycles. The van der Waals surface area contributed by atoms with Crippen LogP contribution < -0.4 is 19.5 Å². The van der Waals surface area contributed by atoms with Crippen LogP contribution in [0.3, 0.4) is 0 Å². The molecule has 13 heteroatoms. The summed E-state index contributed by atoms with van der Waals surface area (Å²) in [6.07, 6.45) is 0. The Bertz CT molecular complexity index is 1090. The average Bonchev–Trinajstić information content (AvgIpc) is 2.62. The molecule has 152 valence electrons. The third kappa shape index (κ3) is 5.89. The number of benzene rings is 2. The van der Waals surface area contributed by atoms with Crippen LogP contribution in [0.4, 0.5) is 16.2 Å². The van der Waals surface area contributed by atoms with Gasteiger partial charge in [-0.15, -0.1) is 11.6 Å². The van der Waals surface area contributed by atoms with Gasteiger partial charge in [0.2, 0.25) is 0 Å². The number of ether oxygens (including phenoxy) is 1. The van der Waals surface area contributed by atoms with E-state index in [2.05, 4.69) is 10.0 Å². The predicted molar refractivity (Wildman–Crippen MR) is 107 cm³/mol. The van der Waals surface area contributed by atoms with Gasteiger partial charge in [-0.05, 0) is 30.3 Å². The number of carbonyl (C=O) groups is 1. The van der Waals surface area contributed by atoms with Crippen molar-refractivity contribution in [2.24, 2.45) is 0 Å². The number of halogens is 2. The predicted octanol–water partition coefficient (Wildman–Crippen LogP) is 2.80. The van der Waals surface area contributed by atoms with E-state index in [-0.39, 0.29) is 21.3 Å². The normalized spacial score (nSPS) is 11.5. The highest BCUT2D eigenvalue weighted by atomic mass is 35.5. The standard InChI is InChI=1S/C15H15Cl2N3O6S2/c1-26-11-4-2-3-10(7-11)19-28(24,25)20-15(21)18-14-8-12(5-6-13(14)17)27(22,23)9-16/h2-8,19H,9H2,1H3,(H2,18,20,21). The molecule has 2 rings (SSSR count).